The number of carbonyl (C=O) groups is 2. The van der Waals surface area contributed by atoms with Gasteiger partial charge in [0.2, 0.25) is 0 Å². The van der Waals surface area contributed by atoms with Crippen LogP contribution in [-0.2, 0) is 11.2 Å². The maximum atomic E-state index is 12.9. The molecule has 0 saturated heterocycles. The molecular weight excluding hydrogens is 406 g/mol. The van der Waals surface area contributed by atoms with Gasteiger partial charge in [-0.2, -0.15) is 10.5 Å². The van der Waals surface area contributed by atoms with Crippen LogP contribution >= 0.6 is 11.6 Å². The Morgan fingerprint density at radius 1 is 1.20 bits per heavy atom. The predicted octanol–water partition coefficient (Wildman–Crippen LogP) is 2.35. The third kappa shape index (κ3) is 4.76. The number of rotatable bonds is 6. The first-order valence-electron chi connectivity index (χ1n) is 9.04. The summed E-state index contributed by atoms with van der Waals surface area (Å²) in [6.45, 7) is 3.21. The van der Waals surface area contributed by atoms with E-state index in [4.69, 9.17) is 28.0 Å². The van der Waals surface area contributed by atoms with Gasteiger partial charge >= 0.3 is 0 Å². The highest BCUT2D eigenvalue weighted by Crippen LogP contribution is 2.29. The molecule has 2 amide bonds. The van der Waals surface area contributed by atoms with Gasteiger partial charge in [-0.1, -0.05) is 18.5 Å². The number of benzene rings is 2. The molecule has 0 aliphatic carbocycles. The lowest BCUT2D eigenvalue weighted by molar-refractivity contribution is -0.131. The first-order chi connectivity index (χ1) is 14.2. The first kappa shape index (κ1) is 22.9. The minimum Gasteiger partial charge on any atom is -0.391 e. The molecule has 0 radical (unpaired) electrons. The number of aliphatic hydroxyl groups excluding tert-OH is 1. The monoisotopic (exact) mass is 425 g/mol. The largest absolute Gasteiger partial charge is 0.391 e. The van der Waals surface area contributed by atoms with Gasteiger partial charge in [0, 0.05) is 11.3 Å². The second-order valence-electron chi connectivity index (χ2n) is 6.48. The smallest absolute Gasteiger partial charge is 0.274 e. The molecular formula is C21H20ClN5O3. The number of nitrogens with two attached hydrogens (primary N) is 1. The zero-order valence-corrected chi connectivity index (χ0v) is 17.1. The Labute approximate surface area is 179 Å². The summed E-state index contributed by atoms with van der Waals surface area (Å²) in [5.41, 5.74) is 1.80. The van der Waals surface area contributed by atoms with Gasteiger partial charge < -0.3 is 10.4 Å². The molecule has 30 heavy (non-hydrogen) atoms. The van der Waals surface area contributed by atoms with Gasteiger partial charge in [0.25, 0.3) is 11.8 Å². The van der Waals surface area contributed by atoms with Crippen LogP contribution in [0, 0.1) is 22.7 Å². The topological polar surface area (TPSA) is 143 Å². The zero-order valence-electron chi connectivity index (χ0n) is 16.4. The van der Waals surface area contributed by atoms with Crippen LogP contribution in [0.1, 0.15) is 40.9 Å². The van der Waals surface area contributed by atoms with E-state index in [2.05, 4.69) is 5.32 Å². The lowest BCUT2D eigenvalue weighted by atomic mass is 10.0. The van der Waals surface area contributed by atoms with Crippen LogP contribution in [0.25, 0.3) is 0 Å². The Balaban J connectivity index is 2.30. The maximum Gasteiger partial charge on any atom is 0.274 e. The summed E-state index contributed by atoms with van der Waals surface area (Å²) in [6, 6.07) is 11.4. The molecule has 0 saturated carbocycles. The Kier molecular flexibility index (Phi) is 7.51. The van der Waals surface area contributed by atoms with E-state index in [9.17, 15) is 14.7 Å². The quantitative estimate of drug-likeness (QED) is 0.366. The summed E-state index contributed by atoms with van der Waals surface area (Å²) in [5.74, 6) is 4.10. The first-order valence-corrected chi connectivity index (χ1v) is 9.42. The molecule has 0 aliphatic heterocycles. The van der Waals surface area contributed by atoms with Crippen LogP contribution in [0.4, 0.5) is 5.69 Å². The third-order valence-electron chi connectivity index (χ3n) is 4.49. The molecule has 2 atom stereocenters. The number of nitriles is 2. The van der Waals surface area contributed by atoms with E-state index in [0.717, 1.165) is 0 Å². The van der Waals surface area contributed by atoms with Crippen LogP contribution < -0.4 is 11.2 Å². The van der Waals surface area contributed by atoms with Crippen LogP contribution in [0.2, 0.25) is 5.02 Å². The number of nitrogens with zero attached hydrogens (tertiary/aromatic N) is 3. The van der Waals surface area contributed by atoms with Crippen molar-refractivity contribution in [3.8, 4) is 12.1 Å². The van der Waals surface area contributed by atoms with Crippen molar-refractivity contribution < 1.29 is 14.7 Å². The minimum atomic E-state index is -1.24. The van der Waals surface area contributed by atoms with Crippen molar-refractivity contribution in [2.75, 3.05) is 5.32 Å². The number of imide groups is 1. The van der Waals surface area contributed by atoms with E-state index in [1.54, 1.807) is 6.07 Å². The number of carbonyl (C=O) groups excluding carboxylic acids is 2. The van der Waals surface area contributed by atoms with Crippen LogP contribution in [0.3, 0.4) is 0 Å². The van der Waals surface area contributed by atoms with Gasteiger partial charge in [-0.25, -0.2) is 10.9 Å². The lowest BCUT2D eigenvalue weighted by Gasteiger charge is -2.27. The normalized spacial score (nSPS) is 12.2. The van der Waals surface area contributed by atoms with Crippen molar-refractivity contribution in [2.24, 2.45) is 5.84 Å². The number of halogens is 1. The molecule has 9 heteroatoms. The molecule has 0 aliphatic rings. The molecule has 2 aromatic carbocycles. The minimum absolute atomic E-state index is 0.116. The summed E-state index contributed by atoms with van der Waals surface area (Å²) < 4.78 is 0. The second-order valence-corrected chi connectivity index (χ2v) is 6.86. The average Bonchev–Trinajstić information content (AvgIpc) is 2.75. The van der Waals surface area contributed by atoms with E-state index >= 15 is 0 Å². The highest BCUT2D eigenvalue weighted by atomic mass is 35.5. The predicted molar refractivity (Wildman–Crippen MR) is 111 cm³/mol. The van der Waals surface area contributed by atoms with Gasteiger partial charge in [-0.3, -0.25) is 9.59 Å². The van der Waals surface area contributed by atoms with E-state index in [1.807, 2.05) is 19.1 Å². The van der Waals surface area contributed by atoms with Crippen molar-refractivity contribution in [3.05, 3.63) is 63.7 Å². The molecule has 0 aromatic heterocycles. The molecule has 0 fully saturated rings. The van der Waals surface area contributed by atoms with Gasteiger partial charge in [0.1, 0.15) is 12.1 Å². The summed E-state index contributed by atoms with van der Waals surface area (Å²) in [5, 5.41) is 31.7. The Morgan fingerprint density at radius 2 is 1.83 bits per heavy atom. The van der Waals surface area contributed by atoms with E-state index in [-0.39, 0.29) is 16.1 Å². The zero-order chi connectivity index (χ0) is 22.4. The second kappa shape index (κ2) is 9.86. The number of amides is 2. The van der Waals surface area contributed by atoms with Crippen molar-refractivity contribution in [3.63, 3.8) is 0 Å². The van der Waals surface area contributed by atoms with Gasteiger partial charge in [0.05, 0.1) is 28.3 Å². The van der Waals surface area contributed by atoms with Gasteiger partial charge in [0.15, 0.2) is 0 Å². The number of nitrogens with one attached hydrogen (secondary N) is 1. The highest BCUT2D eigenvalue weighted by Gasteiger charge is 2.31. The highest BCUT2D eigenvalue weighted by molar-refractivity contribution is 6.33. The van der Waals surface area contributed by atoms with E-state index < -0.39 is 24.0 Å². The Bertz CT molecular complexity index is 1040. The number of aliphatic hydroxyl groups is 1. The van der Waals surface area contributed by atoms with Crippen molar-refractivity contribution >= 4 is 29.1 Å². The Morgan fingerprint density at radius 3 is 2.33 bits per heavy atom. The summed E-state index contributed by atoms with van der Waals surface area (Å²) >= 11 is 6.25. The van der Waals surface area contributed by atoms with Crippen molar-refractivity contribution in [1.29, 1.82) is 10.5 Å². The molecule has 8 nitrogen and oxygen atoms in total. The average molecular weight is 426 g/mol. The molecule has 0 heterocycles. The Hall–Kier alpha value is -3.43. The summed E-state index contributed by atoms with van der Waals surface area (Å²) in [4.78, 5) is 25.4. The fraction of sp³-hybridized carbons (Fsp3) is 0.238. The SMILES string of the molecule is CCc1c(NC(C(=O)N(N)C(=O)c2ccc(C#N)cc2)C(C)O)ccc(C#N)c1Cl. The molecule has 2 aromatic rings. The summed E-state index contributed by atoms with van der Waals surface area (Å²) in [6.07, 6.45) is -0.732. The van der Waals surface area contributed by atoms with Crippen LogP contribution in [0.5, 0.6) is 0 Å². The molecule has 4 N–H and O–H groups in total. The van der Waals surface area contributed by atoms with Crippen molar-refractivity contribution in [1.82, 2.24) is 5.01 Å². The molecule has 0 bridgehead atoms. The van der Waals surface area contributed by atoms with E-state index in [0.29, 0.717) is 28.2 Å². The summed E-state index contributed by atoms with van der Waals surface area (Å²) in [7, 11) is 0. The van der Waals surface area contributed by atoms with Crippen molar-refractivity contribution in [2.45, 2.75) is 32.4 Å². The molecule has 2 rings (SSSR count). The molecule has 2 unspecified atom stereocenters. The fourth-order valence-electron chi connectivity index (χ4n) is 2.82. The number of hydrazine groups is 1. The molecule has 154 valence electrons. The molecule has 0 spiro atoms. The standard InChI is InChI=1S/C21H20ClN5O3/c1-3-16-17(9-8-15(11-24)18(16)22)26-19(12(2)28)21(30)27(25)20(29)14-6-4-13(10-23)5-7-14/h4-9,12,19,26,28H,3,25H2,1-2H3. The fourth-order valence-corrected chi connectivity index (χ4v) is 3.16. The van der Waals surface area contributed by atoms with E-state index in [1.165, 1.54) is 37.3 Å². The van der Waals surface area contributed by atoms with Gasteiger partial charge in [-0.05, 0) is 55.3 Å². The number of anilines is 1. The van der Waals surface area contributed by atoms with Crippen LogP contribution in [0.15, 0.2) is 36.4 Å². The lowest BCUT2D eigenvalue weighted by Crippen LogP contribution is -2.53. The maximum absolute atomic E-state index is 12.9. The van der Waals surface area contributed by atoms with Crippen LogP contribution in [-0.4, -0.2) is 34.1 Å². The third-order valence-corrected chi connectivity index (χ3v) is 4.93. The number of hydrogen-bond acceptors (Lipinski definition) is 7. The van der Waals surface area contributed by atoms with Gasteiger partial charge in [-0.15, -0.1) is 0 Å². The number of hydrogen-bond donors (Lipinski definition) is 3.